The van der Waals surface area contributed by atoms with Gasteiger partial charge in [-0.3, -0.25) is 14.5 Å². The number of nitrogens with zero attached hydrogens (tertiary/aromatic N) is 5. The Morgan fingerprint density at radius 2 is 1.67 bits per heavy atom. The molecule has 0 N–H and O–H groups in total. The predicted octanol–water partition coefficient (Wildman–Crippen LogP) is 2.28. The largest absolute Gasteiger partial charge is 0.421 e. The molecule has 9 heteroatoms. The molecule has 2 saturated heterocycles. The Morgan fingerprint density at radius 1 is 0.933 bits per heavy atom. The summed E-state index contributed by atoms with van der Waals surface area (Å²) in [5.74, 6) is 1.32. The SMILES string of the molecule is O=C(CCc1nnc(-c2ccsc2)o1)N1CCN(CC(=O)N2CCCCCC2)CC1. The number of carbonyl (C=O) groups is 2. The quantitative estimate of drug-likeness (QED) is 0.698. The fourth-order valence-electron chi connectivity index (χ4n) is 4.00. The molecule has 162 valence electrons. The Bertz CT molecular complexity index is 822. The van der Waals surface area contributed by atoms with Gasteiger partial charge in [-0.05, 0) is 24.3 Å². The Kier molecular flexibility index (Phi) is 7.11. The number of carbonyl (C=O) groups excluding carboxylic acids is 2. The Labute approximate surface area is 180 Å². The second-order valence-corrected chi connectivity index (χ2v) is 8.74. The van der Waals surface area contributed by atoms with Crippen molar-refractivity contribution in [3.63, 3.8) is 0 Å². The minimum absolute atomic E-state index is 0.101. The van der Waals surface area contributed by atoms with Crippen LogP contribution in [0.15, 0.2) is 21.2 Å². The van der Waals surface area contributed by atoms with E-state index in [0.717, 1.165) is 44.6 Å². The van der Waals surface area contributed by atoms with Crippen LogP contribution in [-0.2, 0) is 16.0 Å². The number of aryl methyl sites for hydroxylation is 1. The Balaban J connectivity index is 1.18. The molecule has 0 aliphatic carbocycles. The zero-order chi connectivity index (χ0) is 20.8. The van der Waals surface area contributed by atoms with E-state index in [1.165, 1.54) is 12.8 Å². The molecule has 2 amide bonds. The van der Waals surface area contributed by atoms with Gasteiger partial charge in [0.2, 0.25) is 23.6 Å². The standard InChI is InChI=1S/C21H29N5O3S/c27-19(6-5-18-22-23-21(29-18)17-7-14-30-16-17)26-12-10-24(11-13-26)15-20(28)25-8-3-1-2-4-9-25/h7,14,16H,1-6,8-13,15H2. The van der Waals surface area contributed by atoms with Crippen molar-refractivity contribution in [1.82, 2.24) is 24.9 Å². The molecule has 8 nitrogen and oxygen atoms in total. The van der Waals surface area contributed by atoms with Gasteiger partial charge in [0.25, 0.3) is 0 Å². The summed E-state index contributed by atoms with van der Waals surface area (Å²) < 4.78 is 5.66. The first-order valence-corrected chi connectivity index (χ1v) is 11.8. The van der Waals surface area contributed by atoms with Crippen LogP contribution >= 0.6 is 11.3 Å². The first kappa shape index (κ1) is 21.0. The summed E-state index contributed by atoms with van der Waals surface area (Å²) in [7, 11) is 0. The summed E-state index contributed by atoms with van der Waals surface area (Å²) in [6.45, 7) is 5.06. The highest BCUT2D eigenvalue weighted by Gasteiger charge is 2.24. The van der Waals surface area contributed by atoms with E-state index < -0.39 is 0 Å². The first-order chi connectivity index (χ1) is 14.7. The maximum atomic E-state index is 12.6. The van der Waals surface area contributed by atoms with Crippen molar-refractivity contribution < 1.29 is 14.0 Å². The third-order valence-corrected chi connectivity index (χ3v) is 6.51. The lowest BCUT2D eigenvalue weighted by molar-refractivity contribution is -0.135. The lowest BCUT2D eigenvalue weighted by atomic mass is 10.2. The van der Waals surface area contributed by atoms with Gasteiger partial charge >= 0.3 is 0 Å². The van der Waals surface area contributed by atoms with Gasteiger partial charge in [0.15, 0.2) is 0 Å². The molecule has 0 saturated carbocycles. The van der Waals surface area contributed by atoms with E-state index in [1.54, 1.807) is 11.3 Å². The maximum Gasteiger partial charge on any atom is 0.248 e. The number of likely N-dealkylation sites (tertiary alicyclic amines) is 1. The molecule has 30 heavy (non-hydrogen) atoms. The molecule has 4 rings (SSSR count). The van der Waals surface area contributed by atoms with E-state index in [-0.39, 0.29) is 11.8 Å². The molecule has 2 aromatic rings. The smallest absolute Gasteiger partial charge is 0.248 e. The van der Waals surface area contributed by atoms with Crippen molar-refractivity contribution in [2.24, 2.45) is 0 Å². The Morgan fingerprint density at radius 3 is 2.37 bits per heavy atom. The van der Waals surface area contributed by atoms with Crippen molar-refractivity contribution in [1.29, 1.82) is 0 Å². The molecular formula is C21H29N5O3S. The van der Waals surface area contributed by atoms with Gasteiger partial charge in [-0.15, -0.1) is 10.2 Å². The molecule has 0 bridgehead atoms. The average Bonchev–Trinajstić information content (AvgIpc) is 3.39. The van der Waals surface area contributed by atoms with E-state index in [9.17, 15) is 9.59 Å². The highest BCUT2D eigenvalue weighted by Crippen LogP contribution is 2.21. The molecular weight excluding hydrogens is 402 g/mol. The minimum atomic E-state index is 0.101. The summed E-state index contributed by atoms with van der Waals surface area (Å²) in [5.41, 5.74) is 0.913. The summed E-state index contributed by atoms with van der Waals surface area (Å²) >= 11 is 1.58. The Hall–Kier alpha value is -2.26. The molecule has 0 radical (unpaired) electrons. The number of hydrogen-bond donors (Lipinski definition) is 0. The molecule has 2 aromatic heterocycles. The summed E-state index contributed by atoms with van der Waals surface area (Å²) in [4.78, 5) is 31.2. The van der Waals surface area contributed by atoms with Crippen LogP contribution in [0, 0.1) is 0 Å². The fourth-order valence-corrected chi connectivity index (χ4v) is 4.63. The number of hydrogen-bond acceptors (Lipinski definition) is 7. The normalized spacial score (nSPS) is 18.4. The summed E-state index contributed by atoms with van der Waals surface area (Å²) in [5, 5.41) is 12.0. The van der Waals surface area contributed by atoms with Gasteiger partial charge in [-0.25, -0.2) is 0 Å². The second kappa shape index (κ2) is 10.2. The lowest BCUT2D eigenvalue weighted by Gasteiger charge is -2.35. The van der Waals surface area contributed by atoms with Crippen molar-refractivity contribution >= 4 is 23.2 Å². The molecule has 0 unspecified atom stereocenters. The molecule has 0 atom stereocenters. The average molecular weight is 432 g/mol. The van der Waals surface area contributed by atoms with Crippen LogP contribution in [0.1, 0.15) is 38.0 Å². The van der Waals surface area contributed by atoms with Crippen LogP contribution < -0.4 is 0 Å². The lowest BCUT2D eigenvalue weighted by Crippen LogP contribution is -2.51. The highest BCUT2D eigenvalue weighted by molar-refractivity contribution is 7.08. The maximum absolute atomic E-state index is 12.6. The van der Waals surface area contributed by atoms with Crippen molar-refractivity contribution in [2.45, 2.75) is 38.5 Å². The number of aromatic nitrogens is 2. The van der Waals surface area contributed by atoms with E-state index in [0.29, 0.717) is 44.3 Å². The molecule has 4 heterocycles. The molecule has 2 aliphatic heterocycles. The zero-order valence-corrected chi connectivity index (χ0v) is 18.1. The number of piperazine rings is 1. The van der Waals surface area contributed by atoms with Gasteiger partial charge in [0.1, 0.15) is 0 Å². The minimum Gasteiger partial charge on any atom is -0.421 e. The van der Waals surface area contributed by atoms with Gasteiger partial charge in [0.05, 0.1) is 6.54 Å². The topological polar surface area (TPSA) is 82.8 Å². The van der Waals surface area contributed by atoms with E-state index in [1.807, 2.05) is 26.6 Å². The molecule has 0 spiro atoms. The van der Waals surface area contributed by atoms with E-state index >= 15 is 0 Å². The van der Waals surface area contributed by atoms with Gasteiger partial charge in [-0.1, -0.05) is 12.8 Å². The van der Waals surface area contributed by atoms with Crippen molar-refractivity contribution in [3.05, 3.63) is 22.7 Å². The van der Waals surface area contributed by atoms with E-state index in [2.05, 4.69) is 15.1 Å². The van der Waals surface area contributed by atoms with Gasteiger partial charge in [-0.2, -0.15) is 11.3 Å². The summed E-state index contributed by atoms with van der Waals surface area (Å²) in [6, 6.07) is 1.93. The molecule has 0 aromatic carbocycles. The van der Waals surface area contributed by atoms with Crippen molar-refractivity contribution in [2.75, 3.05) is 45.8 Å². The van der Waals surface area contributed by atoms with E-state index in [4.69, 9.17) is 4.42 Å². The monoisotopic (exact) mass is 431 g/mol. The molecule has 2 aliphatic rings. The number of thiophene rings is 1. The summed E-state index contributed by atoms with van der Waals surface area (Å²) in [6.07, 6.45) is 5.49. The van der Waals surface area contributed by atoms with Crippen LogP contribution in [0.25, 0.3) is 11.5 Å². The van der Waals surface area contributed by atoms with Crippen LogP contribution in [0.2, 0.25) is 0 Å². The third-order valence-electron chi connectivity index (χ3n) is 5.83. The number of rotatable bonds is 6. The van der Waals surface area contributed by atoms with Gasteiger partial charge < -0.3 is 14.2 Å². The number of amides is 2. The zero-order valence-electron chi connectivity index (χ0n) is 17.3. The van der Waals surface area contributed by atoms with Gasteiger partial charge in [0, 0.05) is 63.1 Å². The second-order valence-electron chi connectivity index (χ2n) is 7.96. The van der Waals surface area contributed by atoms with Crippen LogP contribution in [0.4, 0.5) is 0 Å². The van der Waals surface area contributed by atoms with Crippen LogP contribution in [0.3, 0.4) is 0 Å². The fraction of sp³-hybridized carbons (Fsp3) is 0.619. The predicted molar refractivity (Wildman–Crippen MR) is 114 cm³/mol. The first-order valence-electron chi connectivity index (χ1n) is 10.8. The third kappa shape index (κ3) is 5.46. The van der Waals surface area contributed by atoms with Crippen LogP contribution in [-0.4, -0.2) is 82.5 Å². The highest BCUT2D eigenvalue weighted by atomic mass is 32.1. The van der Waals surface area contributed by atoms with Crippen LogP contribution in [0.5, 0.6) is 0 Å². The molecule has 2 fully saturated rings. The van der Waals surface area contributed by atoms with Crippen molar-refractivity contribution in [3.8, 4) is 11.5 Å².